The summed E-state index contributed by atoms with van der Waals surface area (Å²) < 4.78 is 5.73. The van der Waals surface area contributed by atoms with Gasteiger partial charge in [0.25, 0.3) is 5.91 Å². The lowest BCUT2D eigenvalue weighted by Gasteiger charge is -2.22. The van der Waals surface area contributed by atoms with E-state index < -0.39 is 5.54 Å². The van der Waals surface area contributed by atoms with E-state index in [1.165, 1.54) is 0 Å². The zero-order chi connectivity index (χ0) is 16.1. The van der Waals surface area contributed by atoms with Crippen molar-refractivity contribution in [3.05, 3.63) is 52.2 Å². The Morgan fingerprint density at radius 1 is 1.30 bits per heavy atom. The number of nitrogens with zero attached hydrogens (tertiary/aromatic N) is 1. The Bertz CT molecular complexity index is 713. The fraction of sp³-hybridized carbons (Fsp3) is 0.333. The summed E-state index contributed by atoms with van der Waals surface area (Å²) in [4.78, 5) is 13.6. The van der Waals surface area contributed by atoms with Gasteiger partial charge in [-0.15, -0.1) is 11.3 Å². The van der Waals surface area contributed by atoms with Crippen molar-refractivity contribution in [3.8, 4) is 11.8 Å². The van der Waals surface area contributed by atoms with Gasteiger partial charge in [-0.1, -0.05) is 12.1 Å². The van der Waals surface area contributed by atoms with Gasteiger partial charge in [-0.05, 0) is 55.3 Å². The van der Waals surface area contributed by atoms with Crippen molar-refractivity contribution in [2.75, 3.05) is 0 Å². The first kappa shape index (κ1) is 15.6. The molecule has 0 radical (unpaired) electrons. The molecule has 5 heteroatoms. The largest absolute Gasteiger partial charge is 0.488 e. The predicted molar refractivity (Wildman–Crippen MR) is 89.4 cm³/mol. The van der Waals surface area contributed by atoms with Gasteiger partial charge >= 0.3 is 0 Å². The number of amides is 1. The van der Waals surface area contributed by atoms with Crippen molar-refractivity contribution >= 4 is 17.2 Å². The molecule has 1 aromatic heterocycles. The van der Waals surface area contributed by atoms with Crippen LogP contribution in [-0.2, 0) is 6.61 Å². The van der Waals surface area contributed by atoms with Crippen molar-refractivity contribution in [1.29, 1.82) is 5.26 Å². The van der Waals surface area contributed by atoms with Crippen LogP contribution in [0.2, 0.25) is 0 Å². The number of hydrogen-bond acceptors (Lipinski definition) is 4. The van der Waals surface area contributed by atoms with Crippen LogP contribution in [0.1, 0.15) is 40.9 Å². The second-order valence-electron chi connectivity index (χ2n) is 5.75. The lowest BCUT2D eigenvalue weighted by molar-refractivity contribution is 0.0920. The molecule has 1 aliphatic carbocycles. The summed E-state index contributed by atoms with van der Waals surface area (Å²) in [5.41, 5.74) is -0.180. The number of carbonyl (C=O) groups excluding carboxylic acids is 1. The highest BCUT2D eigenvalue weighted by molar-refractivity contribution is 7.09. The first-order valence-corrected chi connectivity index (χ1v) is 8.58. The van der Waals surface area contributed by atoms with Gasteiger partial charge in [0.05, 0.1) is 6.07 Å². The van der Waals surface area contributed by atoms with Crippen molar-refractivity contribution in [1.82, 2.24) is 5.32 Å². The lowest BCUT2D eigenvalue weighted by atomic mass is 9.99. The normalized spacial score (nSPS) is 15.8. The van der Waals surface area contributed by atoms with Gasteiger partial charge in [0.15, 0.2) is 0 Å². The highest BCUT2D eigenvalue weighted by Gasteiger charge is 2.35. The first-order chi connectivity index (χ1) is 11.2. The van der Waals surface area contributed by atoms with E-state index in [2.05, 4.69) is 11.4 Å². The lowest BCUT2D eigenvalue weighted by Crippen LogP contribution is -2.45. The molecule has 1 N–H and O–H groups in total. The maximum absolute atomic E-state index is 12.4. The molecule has 0 atom stereocenters. The van der Waals surface area contributed by atoms with Crippen molar-refractivity contribution < 1.29 is 9.53 Å². The summed E-state index contributed by atoms with van der Waals surface area (Å²) in [6.45, 7) is 0.491. The van der Waals surface area contributed by atoms with Gasteiger partial charge in [0.1, 0.15) is 17.9 Å². The van der Waals surface area contributed by atoms with Crippen LogP contribution in [-0.4, -0.2) is 11.4 Å². The Morgan fingerprint density at radius 2 is 2.13 bits per heavy atom. The van der Waals surface area contributed by atoms with E-state index >= 15 is 0 Å². The number of hydrogen-bond donors (Lipinski definition) is 1. The number of rotatable bonds is 5. The third-order valence-corrected chi connectivity index (χ3v) is 4.93. The van der Waals surface area contributed by atoms with Crippen LogP contribution in [0.4, 0.5) is 0 Å². The summed E-state index contributed by atoms with van der Waals surface area (Å²) >= 11 is 1.64. The van der Waals surface area contributed by atoms with E-state index in [1.807, 2.05) is 23.6 Å². The molecule has 3 rings (SSSR count). The van der Waals surface area contributed by atoms with Crippen LogP contribution >= 0.6 is 11.3 Å². The third kappa shape index (κ3) is 3.72. The molecule has 1 amide bonds. The Hall–Kier alpha value is -2.32. The Kier molecular flexibility index (Phi) is 4.63. The van der Waals surface area contributed by atoms with Crippen LogP contribution in [0.5, 0.6) is 5.75 Å². The van der Waals surface area contributed by atoms with Crippen LogP contribution in [0.25, 0.3) is 0 Å². The zero-order valence-electron chi connectivity index (χ0n) is 12.7. The van der Waals surface area contributed by atoms with E-state index in [0.717, 1.165) is 30.6 Å². The van der Waals surface area contributed by atoms with Crippen LogP contribution in [0.15, 0.2) is 41.8 Å². The maximum Gasteiger partial charge on any atom is 0.252 e. The number of nitrogens with one attached hydrogen (secondary N) is 1. The highest BCUT2D eigenvalue weighted by atomic mass is 32.1. The van der Waals surface area contributed by atoms with E-state index in [1.54, 1.807) is 29.5 Å². The summed E-state index contributed by atoms with van der Waals surface area (Å²) in [5, 5.41) is 14.3. The molecule has 1 aromatic carbocycles. The van der Waals surface area contributed by atoms with E-state index in [0.29, 0.717) is 17.9 Å². The molecule has 1 saturated carbocycles. The molecule has 0 unspecified atom stereocenters. The topological polar surface area (TPSA) is 62.1 Å². The molecule has 2 aromatic rings. The van der Waals surface area contributed by atoms with Crippen molar-refractivity contribution in [2.24, 2.45) is 0 Å². The molecule has 1 aliphatic rings. The predicted octanol–water partition coefficient (Wildman–Crippen LogP) is 3.89. The molecular weight excluding hydrogens is 308 g/mol. The molecule has 1 heterocycles. The number of benzene rings is 1. The van der Waals surface area contributed by atoms with Gasteiger partial charge in [0, 0.05) is 10.4 Å². The number of carbonyl (C=O) groups is 1. The van der Waals surface area contributed by atoms with Crippen molar-refractivity contribution in [3.63, 3.8) is 0 Å². The maximum atomic E-state index is 12.4. The minimum atomic E-state index is -0.703. The Labute approximate surface area is 139 Å². The van der Waals surface area contributed by atoms with E-state index in [-0.39, 0.29) is 5.91 Å². The van der Waals surface area contributed by atoms with Crippen LogP contribution in [0.3, 0.4) is 0 Å². The average Bonchev–Trinajstić information content (AvgIpc) is 3.25. The SMILES string of the molecule is N#CC1(NC(=O)c2cccc(OCc3cccs3)c2)CCCC1. The van der Waals surface area contributed by atoms with E-state index in [9.17, 15) is 10.1 Å². The minimum absolute atomic E-state index is 0.213. The third-order valence-electron chi connectivity index (χ3n) is 4.08. The molecule has 0 saturated heterocycles. The summed E-state index contributed by atoms with van der Waals surface area (Å²) in [6.07, 6.45) is 3.42. The summed E-state index contributed by atoms with van der Waals surface area (Å²) in [6, 6.07) is 13.4. The van der Waals surface area contributed by atoms with Gasteiger partial charge in [-0.3, -0.25) is 4.79 Å². The second-order valence-corrected chi connectivity index (χ2v) is 6.78. The monoisotopic (exact) mass is 326 g/mol. The summed E-state index contributed by atoms with van der Waals surface area (Å²) in [7, 11) is 0. The first-order valence-electron chi connectivity index (χ1n) is 7.70. The fourth-order valence-corrected chi connectivity index (χ4v) is 3.43. The summed E-state index contributed by atoms with van der Waals surface area (Å²) in [5.74, 6) is 0.443. The fourth-order valence-electron chi connectivity index (χ4n) is 2.81. The molecule has 0 bridgehead atoms. The zero-order valence-corrected chi connectivity index (χ0v) is 13.6. The molecule has 1 fully saturated rings. The average molecular weight is 326 g/mol. The smallest absolute Gasteiger partial charge is 0.252 e. The highest BCUT2D eigenvalue weighted by Crippen LogP contribution is 2.29. The van der Waals surface area contributed by atoms with E-state index in [4.69, 9.17) is 4.74 Å². The van der Waals surface area contributed by atoms with Crippen molar-refractivity contribution in [2.45, 2.75) is 37.8 Å². The quantitative estimate of drug-likeness (QED) is 0.906. The molecular formula is C18H18N2O2S. The Balaban J connectivity index is 1.66. The second kappa shape index (κ2) is 6.84. The standard InChI is InChI=1S/C18H18N2O2S/c19-13-18(8-1-2-9-18)20-17(21)14-5-3-6-15(11-14)22-12-16-7-4-10-23-16/h3-7,10-11H,1-2,8-9,12H2,(H,20,21). The van der Waals surface area contributed by atoms with Crippen LogP contribution < -0.4 is 10.1 Å². The molecule has 118 valence electrons. The van der Waals surface area contributed by atoms with Gasteiger partial charge in [0.2, 0.25) is 0 Å². The number of nitriles is 1. The number of ether oxygens (including phenoxy) is 1. The van der Waals surface area contributed by atoms with Gasteiger partial charge in [-0.2, -0.15) is 5.26 Å². The molecule has 0 aliphatic heterocycles. The number of thiophene rings is 1. The molecule has 23 heavy (non-hydrogen) atoms. The van der Waals surface area contributed by atoms with Gasteiger partial charge in [-0.25, -0.2) is 0 Å². The Morgan fingerprint density at radius 3 is 2.83 bits per heavy atom. The van der Waals surface area contributed by atoms with Gasteiger partial charge < -0.3 is 10.1 Å². The minimum Gasteiger partial charge on any atom is -0.488 e. The van der Waals surface area contributed by atoms with Crippen LogP contribution in [0, 0.1) is 11.3 Å². The molecule has 4 nitrogen and oxygen atoms in total. The molecule has 0 spiro atoms.